The van der Waals surface area contributed by atoms with Gasteiger partial charge < -0.3 is 10.4 Å². The topological polar surface area (TPSA) is 62.2 Å². The SMILES string of the molecule is Cc1ccc2cc(C(=O)Nc3cc(CO)ccc3C)c(C)nc2c1. The molecule has 0 spiro atoms. The molecular formula is C20H20N2O2. The average molecular weight is 320 g/mol. The number of carbonyl (C=O) groups is 1. The van der Waals surface area contributed by atoms with E-state index in [1.165, 1.54) is 0 Å². The van der Waals surface area contributed by atoms with Crippen LogP contribution in [-0.4, -0.2) is 16.0 Å². The average Bonchev–Trinajstić information content (AvgIpc) is 2.56. The number of nitrogens with one attached hydrogen (secondary N) is 1. The third-order valence-electron chi connectivity index (χ3n) is 4.14. The van der Waals surface area contributed by atoms with Gasteiger partial charge in [0.1, 0.15) is 0 Å². The molecule has 0 aliphatic carbocycles. The number of benzene rings is 2. The predicted octanol–water partition coefficient (Wildman–Crippen LogP) is 3.90. The highest BCUT2D eigenvalue weighted by Crippen LogP contribution is 2.21. The summed E-state index contributed by atoms with van der Waals surface area (Å²) in [5, 5.41) is 13.1. The number of aliphatic hydroxyl groups excluding tert-OH is 1. The normalized spacial score (nSPS) is 10.8. The number of aliphatic hydroxyl groups is 1. The first-order valence-corrected chi connectivity index (χ1v) is 7.87. The van der Waals surface area contributed by atoms with Crippen molar-refractivity contribution in [3.63, 3.8) is 0 Å². The maximum atomic E-state index is 12.7. The number of fused-ring (bicyclic) bond motifs is 1. The number of aromatic nitrogens is 1. The van der Waals surface area contributed by atoms with Crippen LogP contribution in [0.4, 0.5) is 5.69 Å². The number of hydrogen-bond acceptors (Lipinski definition) is 3. The van der Waals surface area contributed by atoms with Crippen LogP contribution in [0.3, 0.4) is 0 Å². The van der Waals surface area contributed by atoms with Crippen LogP contribution in [0.15, 0.2) is 42.5 Å². The fourth-order valence-electron chi connectivity index (χ4n) is 2.70. The molecule has 0 bridgehead atoms. The van der Waals surface area contributed by atoms with E-state index in [0.29, 0.717) is 16.9 Å². The number of hydrogen-bond donors (Lipinski definition) is 2. The van der Waals surface area contributed by atoms with E-state index in [2.05, 4.69) is 10.3 Å². The summed E-state index contributed by atoms with van der Waals surface area (Å²) in [4.78, 5) is 17.2. The van der Waals surface area contributed by atoms with Gasteiger partial charge in [-0.2, -0.15) is 0 Å². The van der Waals surface area contributed by atoms with Gasteiger partial charge in [-0.3, -0.25) is 9.78 Å². The number of pyridine rings is 1. The zero-order chi connectivity index (χ0) is 17.3. The van der Waals surface area contributed by atoms with E-state index in [1.807, 2.05) is 57.2 Å². The largest absolute Gasteiger partial charge is 0.392 e. The van der Waals surface area contributed by atoms with E-state index in [0.717, 1.165) is 27.6 Å². The Morgan fingerprint density at radius 3 is 2.62 bits per heavy atom. The lowest BCUT2D eigenvalue weighted by Crippen LogP contribution is -2.15. The van der Waals surface area contributed by atoms with Crippen molar-refractivity contribution in [2.24, 2.45) is 0 Å². The minimum absolute atomic E-state index is 0.0565. The van der Waals surface area contributed by atoms with Crippen molar-refractivity contribution in [3.8, 4) is 0 Å². The standard InChI is InChI=1S/C20H20N2O2/c1-12-4-7-16-10-17(14(3)21-19(16)8-12)20(24)22-18-9-15(11-23)6-5-13(18)2/h4-10,23H,11H2,1-3H3,(H,22,24). The molecule has 0 radical (unpaired) electrons. The van der Waals surface area contributed by atoms with Crippen LogP contribution < -0.4 is 5.32 Å². The third-order valence-corrected chi connectivity index (χ3v) is 4.14. The van der Waals surface area contributed by atoms with E-state index in [-0.39, 0.29) is 12.5 Å². The van der Waals surface area contributed by atoms with Crippen molar-refractivity contribution in [1.82, 2.24) is 4.98 Å². The van der Waals surface area contributed by atoms with Gasteiger partial charge in [0, 0.05) is 11.1 Å². The smallest absolute Gasteiger partial charge is 0.257 e. The van der Waals surface area contributed by atoms with Crippen molar-refractivity contribution in [2.75, 3.05) is 5.32 Å². The second-order valence-corrected chi connectivity index (χ2v) is 6.08. The summed E-state index contributed by atoms with van der Waals surface area (Å²) in [6.07, 6.45) is 0. The molecule has 2 aromatic carbocycles. The third kappa shape index (κ3) is 3.14. The monoisotopic (exact) mass is 320 g/mol. The van der Waals surface area contributed by atoms with E-state index in [9.17, 15) is 9.90 Å². The molecule has 122 valence electrons. The highest BCUT2D eigenvalue weighted by atomic mass is 16.3. The molecule has 3 aromatic rings. The van der Waals surface area contributed by atoms with Gasteiger partial charge in [-0.25, -0.2) is 0 Å². The molecule has 0 atom stereocenters. The van der Waals surface area contributed by atoms with E-state index in [4.69, 9.17) is 0 Å². The second kappa shape index (κ2) is 6.42. The number of amides is 1. The van der Waals surface area contributed by atoms with Crippen LogP contribution in [0, 0.1) is 20.8 Å². The number of anilines is 1. The van der Waals surface area contributed by atoms with Crippen molar-refractivity contribution in [3.05, 3.63) is 70.4 Å². The summed E-state index contributed by atoms with van der Waals surface area (Å²) in [5.74, 6) is -0.194. The molecule has 0 saturated heterocycles. The van der Waals surface area contributed by atoms with Gasteiger partial charge in [0.25, 0.3) is 5.91 Å². The molecule has 2 N–H and O–H groups in total. The van der Waals surface area contributed by atoms with Crippen LogP contribution in [0.1, 0.15) is 32.7 Å². The van der Waals surface area contributed by atoms with Crippen molar-refractivity contribution in [1.29, 1.82) is 0 Å². The summed E-state index contributed by atoms with van der Waals surface area (Å²) in [6, 6.07) is 13.4. The highest BCUT2D eigenvalue weighted by Gasteiger charge is 2.13. The van der Waals surface area contributed by atoms with Gasteiger partial charge in [0.15, 0.2) is 0 Å². The van der Waals surface area contributed by atoms with Crippen LogP contribution in [0.5, 0.6) is 0 Å². The number of carbonyl (C=O) groups excluding carboxylic acids is 1. The summed E-state index contributed by atoms with van der Waals surface area (Å²) in [5.41, 5.74) is 5.70. The van der Waals surface area contributed by atoms with Gasteiger partial charge in [0.05, 0.1) is 23.4 Å². The van der Waals surface area contributed by atoms with Crippen LogP contribution in [0.25, 0.3) is 10.9 Å². The number of nitrogens with zero attached hydrogens (tertiary/aromatic N) is 1. The molecule has 0 aliphatic rings. The zero-order valence-corrected chi connectivity index (χ0v) is 14.1. The van der Waals surface area contributed by atoms with E-state index >= 15 is 0 Å². The molecule has 0 saturated carbocycles. The van der Waals surface area contributed by atoms with Gasteiger partial charge in [-0.05, 0) is 55.7 Å². The molecule has 1 heterocycles. The quantitative estimate of drug-likeness (QED) is 0.769. The Morgan fingerprint density at radius 2 is 1.88 bits per heavy atom. The van der Waals surface area contributed by atoms with E-state index < -0.39 is 0 Å². The molecule has 1 aromatic heterocycles. The second-order valence-electron chi connectivity index (χ2n) is 6.08. The summed E-state index contributed by atoms with van der Waals surface area (Å²) in [7, 11) is 0. The Balaban J connectivity index is 1.97. The van der Waals surface area contributed by atoms with Crippen LogP contribution in [0.2, 0.25) is 0 Å². The first-order valence-electron chi connectivity index (χ1n) is 7.87. The van der Waals surface area contributed by atoms with E-state index in [1.54, 1.807) is 6.07 Å². The molecule has 0 aliphatic heterocycles. The molecule has 4 nitrogen and oxygen atoms in total. The van der Waals surface area contributed by atoms with Crippen molar-refractivity contribution in [2.45, 2.75) is 27.4 Å². The summed E-state index contributed by atoms with van der Waals surface area (Å²) < 4.78 is 0. The lowest BCUT2D eigenvalue weighted by atomic mass is 10.1. The Bertz CT molecular complexity index is 932. The van der Waals surface area contributed by atoms with Crippen LogP contribution >= 0.6 is 0 Å². The lowest BCUT2D eigenvalue weighted by molar-refractivity contribution is 0.102. The van der Waals surface area contributed by atoms with Crippen molar-refractivity contribution < 1.29 is 9.90 Å². The molecule has 4 heteroatoms. The molecular weight excluding hydrogens is 300 g/mol. The van der Waals surface area contributed by atoms with Gasteiger partial charge >= 0.3 is 0 Å². The Kier molecular flexibility index (Phi) is 4.32. The maximum absolute atomic E-state index is 12.7. The predicted molar refractivity (Wildman–Crippen MR) is 96.3 cm³/mol. The fourth-order valence-corrected chi connectivity index (χ4v) is 2.70. The fraction of sp³-hybridized carbons (Fsp3) is 0.200. The molecule has 0 fully saturated rings. The van der Waals surface area contributed by atoms with Gasteiger partial charge in [-0.15, -0.1) is 0 Å². The number of rotatable bonds is 3. The lowest BCUT2D eigenvalue weighted by Gasteiger charge is -2.12. The Hall–Kier alpha value is -2.72. The Labute approximate surface area is 141 Å². The van der Waals surface area contributed by atoms with Crippen molar-refractivity contribution >= 4 is 22.5 Å². The summed E-state index contributed by atoms with van der Waals surface area (Å²) >= 11 is 0. The first-order chi connectivity index (χ1) is 11.5. The molecule has 0 unspecified atom stereocenters. The molecule has 1 amide bonds. The zero-order valence-electron chi connectivity index (χ0n) is 14.1. The molecule has 24 heavy (non-hydrogen) atoms. The van der Waals surface area contributed by atoms with Gasteiger partial charge in [0.2, 0.25) is 0 Å². The highest BCUT2D eigenvalue weighted by molar-refractivity contribution is 6.07. The molecule has 3 rings (SSSR count). The van der Waals surface area contributed by atoms with Crippen LogP contribution in [-0.2, 0) is 6.61 Å². The van der Waals surface area contributed by atoms with Gasteiger partial charge in [-0.1, -0.05) is 24.3 Å². The minimum Gasteiger partial charge on any atom is -0.392 e. The Morgan fingerprint density at radius 1 is 1.08 bits per heavy atom. The summed E-state index contributed by atoms with van der Waals surface area (Å²) in [6.45, 7) is 5.73. The maximum Gasteiger partial charge on any atom is 0.257 e. The minimum atomic E-state index is -0.194. The number of aryl methyl sites for hydroxylation is 3. The first kappa shape index (κ1) is 16.1.